The largest absolute Gasteiger partial charge is 0.480 e. The van der Waals surface area contributed by atoms with Crippen molar-refractivity contribution in [1.29, 1.82) is 0 Å². The van der Waals surface area contributed by atoms with Gasteiger partial charge in [0.25, 0.3) is 0 Å². The molecule has 1 heterocycles. The fourth-order valence-electron chi connectivity index (χ4n) is 1.74. The molecule has 14 heavy (non-hydrogen) atoms. The lowest BCUT2D eigenvalue weighted by Gasteiger charge is -2.09. The Hall–Kier alpha value is -0.870. The van der Waals surface area contributed by atoms with Gasteiger partial charge in [-0.3, -0.25) is 9.69 Å². The van der Waals surface area contributed by atoms with Crippen molar-refractivity contribution in [1.82, 2.24) is 4.90 Å². The molecule has 0 spiro atoms. The summed E-state index contributed by atoms with van der Waals surface area (Å²) in [6.07, 6.45) is 0. The monoisotopic (exact) mass is 255 g/mol. The molecule has 1 aromatic carbocycles. The van der Waals surface area contributed by atoms with E-state index >= 15 is 0 Å². The highest BCUT2D eigenvalue weighted by Gasteiger charge is 2.20. The molecule has 0 saturated heterocycles. The number of aliphatic carboxylic acids is 1. The number of nitrogens with zero attached hydrogens (tertiary/aromatic N) is 1. The molecule has 0 aliphatic carbocycles. The molecule has 0 fully saturated rings. The Balaban J connectivity index is 2.14. The predicted molar refractivity (Wildman–Crippen MR) is 55.9 cm³/mol. The zero-order valence-electron chi connectivity index (χ0n) is 7.53. The van der Waals surface area contributed by atoms with Gasteiger partial charge in [0, 0.05) is 17.6 Å². The lowest BCUT2D eigenvalue weighted by molar-refractivity contribution is -0.138. The van der Waals surface area contributed by atoms with E-state index in [1.165, 1.54) is 11.1 Å². The van der Waals surface area contributed by atoms with Gasteiger partial charge in [-0.05, 0) is 23.3 Å². The molecule has 74 valence electrons. The molecule has 0 radical (unpaired) electrons. The first-order valence-corrected chi connectivity index (χ1v) is 5.16. The summed E-state index contributed by atoms with van der Waals surface area (Å²) in [7, 11) is 0. The molecule has 1 aromatic rings. The molecule has 1 aliphatic heterocycles. The van der Waals surface area contributed by atoms with Gasteiger partial charge in [-0.1, -0.05) is 22.0 Å². The van der Waals surface area contributed by atoms with E-state index in [-0.39, 0.29) is 6.54 Å². The van der Waals surface area contributed by atoms with E-state index in [0.29, 0.717) is 0 Å². The Morgan fingerprint density at radius 3 is 2.86 bits per heavy atom. The molecule has 0 saturated carbocycles. The lowest BCUT2D eigenvalue weighted by atomic mass is 10.1. The first-order chi connectivity index (χ1) is 6.65. The van der Waals surface area contributed by atoms with Crippen LogP contribution in [0.2, 0.25) is 0 Å². The maximum absolute atomic E-state index is 10.5. The SMILES string of the molecule is O=C(O)CN1Cc2ccc(Br)cc2C1. The first kappa shape index (κ1) is 9.68. The molecule has 4 heteroatoms. The number of hydrogen-bond donors (Lipinski definition) is 1. The summed E-state index contributed by atoms with van der Waals surface area (Å²) in [5.74, 6) is -0.767. The average Bonchev–Trinajstić information content (AvgIpc) is 2.44. The minimum Gasteiger partial charge on any atom is -0.480 e. The van der Waals surface area contributed by atoms with Crippen molar-refractivity contribution < 1.29 is 9.90 Å². The fourth-order valence-corrected chi connectivity index (χ4v) is 2.15. The minimum absolute atomic E-state index is 0.117. The number of benzene rings is 1. The second-order valence-corrected chi connectivity index (χ2v) is 4.37. The third kappa shape index (κ3) is 1.96. The second kappa shape index (κ2) is 3.71. The summed E-state index contributed by atoms with van der Waals surface area (Å²) in [5, 5.41) is 8.66. The van der Waals surface area contributed by atoms with Gasteiger partial charge in [0.2, 0.25) is 0 Å². The van der Waals surface area contributed by atoms with Crippen LogP contribution in [0.25, 0.3) is 0 Å². The molecule has 0 amide bonds. The van der Waals surface area contributed by atoms with Crippen molar-refractivity contribution >= 4 is 21.9 Å². The Morgan fingerprint density at radius 2 is 2.14 bits per heavy atom. The maximum atomic E-state index is 10.5. The number of fused-ring (bicyclic) bond motifs is 1. The Kier molecular flexibility index (Phi) is 2.56. The van der Waals surface area contributed by atoms with Gasteiger partial charge in [0.05, 0.1) is 6.54 Å². The van der Waals surface area contributed by atoms with Crippen molar-refractivity contribution in [3.8, 4) is 0 Å². The van der Waals surface area contributed by atoms with Crippen LogP contribution in [0.5, 0.6) is 0 Å². The number of rotatable bonds is 2. The van der Waals surface area contributed by atoms with E-state index in [1.807, 2.05) is 17.0 Å². The first-order valence-electron chi connectivity index (χ1n) is 4.36. The topological polar surface area (TPSA) is 40.5 Å². The highest BCUT2D eigenvalue weighted by Crippen LogP contribution is 2.25. The van der Waals surface area contributed by atoms with Crippen LogP contribution in [0, 0.1) is 0 Å². The maximum Gasteiger partial charge on any atom is 0.317 e. The number of hydrogen-bond acceptors (Lipinski definition) is 2. The van der Waals surface area contributed by atoms with Gasteiger partial charge in [-0.25, -0.2) is 0 Å². The summed E-state index contributed by atoms with van der Waals surface area (Å²) in [6, 6.07) is 6.08. The van der Waals surface area contributed by atoms with Crippen LogP contribution in [0.15, 0.2) is 22.7 Å². The van der Waals surface area contributed by atoms with Crippen LogP contribution < -0.4 is 0 Å². The van der Waals surface area contributed by atoms with E-state index in [4.69, 9.17) is 5.11 Å². The van der Waals surface area contributed by atoms with Crippen LogP contribution in [0.1, 0.15) is 11.1 Å². The number of halogens is 1. The van der Waals surface area contributed by atoms with Gasteiger partial charge in [0.1, 0.15) is 0 Å². The third-order valence-electron chi connectivity index (χ3n) is 2.32. The summed E-state index contributed by atoms with van der Waals surface area (Å²) < 4.78 is 1.05. The molecule has 0 unspecified atom stereocenters. The third-order valence-corrected chi connectivity index (χ3v) is 2.81. The molecular formula is C10H10BrNO2. The van der Waals surface area contributed by atoms with E-state index in [1.54, 1.807) is 0 Å². The molecule has 3 nitrogen and oxygen atoms in total. The van der Waals surface area contributed by atoms with Crippen LogP contribution in [-0.2, 0) is 17.9 Å². The molecule has 2 rings (SSSR count). The highest BCUT2D eigenvalue weighted by atomic mass is 79.9. The van der Waals surface area contributed by atoms with E-state index in [0.717, 1.165) is 17.6 Å². The zero-order valence-corrected chi connectivity index (χ0v) is 9.12. The molecule has 0 atom stereocenters. The smallest absolute Gasteiger partial charge is 0.317 e. The molecular weight excluding hydrogens is 246 g/mol. The number of carboxylic acid groups (broad SMARTS) is 1. The molecule has 0 aromatic heterocycles. The Morgan fingerprint density at radius 1 is 1.43 bits per heavy atom. The van der Waals surface area contributed by atoms with Crippen LogP contribution in [0.3, 0.4) is 0 Å². The highest BCUT2D eigenvalue weighted by molar-refractivity contribution is 9.10. The summed E-state index contributed by atoms with van der Waals surface area (Å²) in [6.45, 7) is 1.60. The van der Waals surface area contributed by atoms with E-state index < -0.39 is 5.97 Å². The van der Waals surface area contributed by atoms with Gasteiger partial charge >= 0.3 is 5.97 Å². The van der Waals surface area contributed by atoms with Crippen molar-refractivity contribution in [3.63, 3.8) is 0 Å². The fraction of sp³-hybridized carbons (Fsp3) is 0.300. The molecule has 0 bridgehead atoms. The Labute approximate surface area is 90.5 Å². The summed E-state index contributed by atoms with van der Waals surface area (Å²) >= 11 is 3.40. The van der Waals surface area contributed by atoms with Gasteiger partial charge in [0.15, 0.2) is 0 Å². The van der Waals surface area contributed by atoms with Crippen LogP contribution >= 0.6 is 15.9 Å². The summed E-state index contributed by atoms with van der Waals surface area (Å²) in [4.78, 5) is 12.4. The standard InChI is InChI=1S/C10H10BrNO2/c11-9-2-1-7-4-12(6-10(13)14)5-8(7)3-9/h1-3H,4-6H2,(H,13,14). The van der Waals surface area contributed by atoms with Crippen molar-refractivity contribution in [2.75, 3.05) is 6.54 Å². The molecule has 1 aliphatic rings. The van der Waals surface area contributed by atoms with Crippen LogP contribution in [-0.4, -0.2) is 22.5 Å². The van der Waals surface area contributed by atoms with Crippen molar-refractivity contribution in [2.24, 2.45) is 0 Å². The number of carbonyl (C=O) groups is 1. The Bertz CT molecular complexity index is 378. The predicted octanol–water partition coefficient (Wildman–Crippen LogP) is 1.85. The van der Waals surface area contributed by atoms with Crippen molar-refractivity contribution in [3.05, 3.63) is 33.8 Å². The van der Waals surface area contributed by atoms with Crippen molar-refractivity contribution in [2.45, 2.75) is 13.1 Å². The zero-order chi connectivity index (χ0) is 10.1. The van der Waals surface area contributed by atoms with E-state index in [2.05, 4.69) is 22.0 Å². The van der Waals surface area contributed by atoms with Gasteiger partial charge < -0.3 is 5.11 Å². The van der Waals surface area contributed by atoms with E-state index in [9.17, 15) is 4.79 Å². The average molecular weight is 256 g/mol. The van der Waals surface area contributed by atoms with Gasteiger partial charge in [-0.2, -0.15) is 0 Å². The van der Waals surface area contributed by atoms with Gasteiger partial charge in [-0.15, -0.1) is 0 Å². The number of carboxylic acids is 1. The molecule has 1 N–H and O–H groups in total. The summed E-state index contributed by atoms with van der Waals surface area (Å²) in [5.41, 5.74) is 2.45. The minimum atomic E-state index is -0.767. The second-order valence-electron chi connectivity index (χ2n) is 3.45. The van der Waals surface area contributed by atoms with Crippen LogP contribution in [0.4, 0.5) is 0 Å². The lowest BCUT2D eigenvalue weighted by Crippen LogP contribution is -2.24. The normalized spacial score (nSPS) is 15.5. The quantitative estimate of drug-likeness (QED) is 0.877.